The molecule has 1 saturated carbocycles. The molecule has 0 radical (unpaired) electrons. The van der Waals surface area contributed by atoms with E-state index in [2.05, 4.69) is 34.1 Å². The van der Waals surface area contributed by atoms with E-state index >= 15 is 0 Å². The van der Waals surface area contributed by atoms with Gasteiger partial charge in [-0.3, -0.25) is 14.6 Å². The van der Waals surface area contributed by atoms with Gasteiger partial charge >= 0.3 is 0 Å². The molecular formula is C23H25N3O2. The number of aromatic nitrogens is 1. The summed E-state index contributed by atoms with van der Waals surface area (Å²) >= 11 is 0. The zero-order valence-corrected chi connectivity index (χ0v) is 16.0. The second-order valence-electron chi connectivity index (χ2n) is 8.30. The molecule has 5 nitrogen and oxygen atoms in total. The molecular weight excluding hydrogens is 350 g/mol. The Bertz CT molecular complexity index is 890. The van der Waals surface area contributed by atoms with Crippen molar-refractivity contribution >= 4 is 17.5 Å². The van der Waals surface area contributed by atoms with Gasteiger partial charge in [-0.05, 0) is 61.1 Å². The first-order valence-electron chi connectivity index (χ1n) is 10.3. The summed E-state index contributed by atoms with van der Waals surface area (Å²) in [4.78, 5) is 33.3. The van der Waals surface area contributed by atoms with Gasteiger partial charge in [0.25, 0.3) is 0 Å². The van der Waals surface area contributed by atoms with E-state index in [4.69, 9.17) is 0 Å². The first kappa shape index (κ1) is 17.4. The van der Waals surface area contributed by atoms with Crippen molar-refractivity contribution in [2.45, 2.75) is 43.4 Å². The highest BCUT2D eigenvalue weighted by Gasteiger charge is 2.53. The summed E-state index contributed by atoms with van der Waals surface area (Å²) in [7, 11) is 0. The fourth-order valence-corrected chi connectivity index (χ4v) is 4.79. The lowest BCUT2D eigenvalue weighted by Gasteiger charge is -2.24. The number of anilines is 1. The number of carbonyl (C=O) groups excluding carboxylic acids is 2. The molecule has 0 bridgehead atoms. The van der Waals surface area contributed by atoms with Crippen molar-refractivity contribution in [1.29, 1.82) is 0 Å². The van der Waals surface area contributed by atoms with Crippen LogP contribution in [0.25, 0.3) is 0 Å². The number of benzene rings is 1. The van der Waals surface area contributed by atoms with Gasteiger partial charge in [0, 0.05) is 50.1 Å². The molecule has 144 valence electrons. The molecule has 2 aromatic rings. The zero-order valence-electron chi connectivity index (χ0n) is 16.0. The van der Waals surface area contributed by atoms with Gasteiger partial charge < -0.3 is 9.80 Å². The molecule has 0 spiro atoms. The summed E-state index contributed by atoms with van der Waals surface area (Å²) in [5.74, 6) is 0.879. The highest BCUT2D eigenvalue weighted by atomic mass is 16.2. The number of amides is 2. The van der Waals surface area contributed by atoms with Crippen molar-refractivity contribution in [3.63, 3.8) is 0 Å². The van der Waals surface area contributed by atoms with E-state index in [1.807, 2.05) is 29.4 Å². The summed E-state index contributed by atoms with van der Waals surface area (Å²) in [6, 6.07) is 12.3. The maximum absolute atomic E-state index is 13.3. The summed E-state index contributed by atoms with van der Waals surface area (Å²) < 4.78 is 0. The Balaban J connectivity index is 1.31. The standard InChI is InChI=1S/C23H25N3O2/c27-21-2-1-14-26(21)20-5-3-19(4-6-20)23(10-11-23)22(28)25-15-9-18(16-25)17-7-12-24-13-8-17/h3-8,12-13,18H,1-2,9-11,14-16H2. The molecule has 1 unspecified atom stereocenters. The van der Waals surface area contributed by atoms with E-state index in [0.717, 1.165) is 56.6 Å². The molecule has 1 aromatic carbocycles. The van der Waals surface area contributed by atoms with Crippen LogP contribution < -0.4 is 4.90 Å². The van der Waals surface area contributed by atoms with Crippen molar-refractivity contribution in [2.24, 2.45) is 0 Å². The molecule has 3 fully saturated rings. The molecule has 3 heterocycles. The van der Waals surface area contributed by atoms with Crippen molar-refractivity contribution in [2.75, 3.05) is 24.5 Å². The number of likely N-dealkylation sites (tertiary alicyclic amines) is 1. The Morgan fingerprint density at radius 1 is 1.04 bits per heavy atom. The van der Waals surface area contributed by atoms with Gasteiger partial charge in [-0.15, -0.1) is 0 Å². The molecule has 2 amide bonds. The van der Waals surface area contributed by atoms with Gasteiger partial charge in [0.1, 0.15) is 0 Å². The number of rotatable bonds is 4. The third-order valence-corrected chi connectivity index (χ3v) is 6.62. The Hall–Kier alpha value is -2.69. The zero-order chi connectivity index (χ0) is 19.1. The first-order chi connectivity index (χ1) is 13.7. The maximum atomic E-state index is 13.3. The first-order valence-corrected chi connectivity index (χ1v) is 10.3. The van der Waals surface area contributed by atoms with E-state index in [1.54, 1.807) is 0 Å². The number of pyridine rings is 1. The van der Waals surface area contributed by atoms with Gasteiger partial charge in [0.2, 0.25) is 11.8 Å². The third-order valence-electron chi connectivity index (χ3n) is 6.62. The summed E-state index contributed by atoms with van der Waals surface area (Å²) in [5.41, 5.74) is 2.98. The highest BCUT2D eigenvalue weighted by molar-refractivity contribution is 5.96. The molecule has 28 heavy (non-hydrogen) atoms. The van der Waals surface area contributed by atoms with Crippen LogP contribution in [0.2, 0.25) is 0 Å². The molecule has 2 aliphatic heterocycles. The normalized spacial score (nSPS) is 23.3. The molecule has 0 N–H and O–H groups in total. The van der Waals surface area contributed by atoms with Crippen LogP contribution in [-0.4, -0.2) is 41.3 Å². The minimum atomic E-state index is -0.347. The largest absolute Gasteiger partial charge is 0.341 e. The van der Waals surface area contributed by atoms with Crippen molar-refractivity contribution < 1.29 is 9.59 Å². The lowest BCUT2D eigenvalue weighted by Crippen LogP contribution is -2.37. The molecule has 5 rings (SSSR count). The van der Waals surface area contributed by atoms with Crippen molar-refractivity contribution in [1.82, 2.24) is 9.88 Å². The minimum Gasteiger partial charge on any atom is -0.341 e. The topological polar surface area (TPSA) is 53.5 Å². The van der Waals surface area contributed by atoms with Crippen LogP contribution in [0.5, 0.6) is 0 Å². The van der Waals surface area contributed by atoms with Crippen LogP contribution in [0.4, 0.5) is 5.69 Å². The fourth-order valence-electron chi connectivity index (χ4n) is 4.79. The van der Waals surface area contributed by atoms with Crippen LogP contribution >= 0.6 is 0 Å². The lowest BCUT2D eigenvalue weighted by molar-refractivity contribution is -0.133. The lowest BCUT2D eigenvalue weighted by atomic mass is 9.94. The molecule has 1 aromatic heterocycles. The van der Waals surface area contributed by atoms with Crippen molar-refractivity contribution in [3.05, 3.63) is 59.9 Å². The van der Waals surface area contributed by atoms with Crippen LogP contribution in [0, 0.1) is 0 Å². The number of carbonyl (C=O) groups is 2. The second-order valence-corrected chi connectivity index (χ2v) is 8.30. The predicted octanol–water partition coefficient (Wildman–Crippen LogP) is 3.26. The average molecular weight is 375 g/mol. The Labute approximate surface area is 165 Å². The van der Waals surface area contributed by atoms with E-state index in [-0.39, 0.29) is 17.2 Å². The molecule has 2 saturated heterocycles. The third kappa shape index (κ3) is 2.89. The molecule has 5 heteroatoms. The maximum Gasteiger partial charge on any atom is 0.233 e. The van der Waals surface area contributed by atoms with Crippen LogP contribution in [-0.2, 0) is 15.0 Å². The number of hydrogen-bond donors (Lipinski definition) is 0. The second kappa shape index (κ2) is 6.73. The highest BCUT2D eigenvalue weighted by Crippen LogP contribution is 2.50. The SMILES string of the molecule is O=C1CCCN1c1ccc(C2(C(=O)N3CCC(c4ccncc4)C3)CC2)cc1. The monoisotopic (exact) mass is 375 g/mol. The summed E-state index contributed by atoms with van der Waals surface area (Å²) in [6.07, 6.45) is 8.08. The Morgan fingerprint density at radius 3 is 2.43 bits per heavy atom. The summed E-state index contributed by atoms with van der Waals surface area (Å²) in [6.45, 7) is 2.42. The van der Waals surface area contributed by atoms with Gasteiger partial charge in [0.15, 0.2) is 0 Å². The molecule has 1 atom stereocenters. The van der Waals surface area contributed by atoms with Gasteiger partial charge in [0.05, 0.1) is 5.41 Å². The Morgan fingerprint density at radius 2 is 1.79 bits per heavy atom. The average Bonchev–Trinajstić information content (AvgIpc) is 3.19. The smallest absolute Gasteiger partial charge is 0.233 e. The van der Waals surface area contributed by atoms with Crippen molar-refractivity contribution in [3.8, 4) is 0 Å². The van der Waals surface area contributed by atoms with Crippen LogP contribution in [0.1, 0.15) is 49.1 Å². The van der Waals surface area contributed by atoms with Gasteiger partial charge in [-0.1, -0.05) is 12.1 Å². The van der Waals surface area contributed by atoms with Gasteiger partial charge in [-0.25, -0.2) is 0 Å². The minimum absolute atomic E-state index is 0.198. The van der Waals surface area contributed by atoms with E-state index < -0.39 is 0 Å². The molecule has 3 aliphatic rings. The Kier molecular flexibility index (Phi) is 4.18. The summed E-state index contributed by atoms with van der Waals surface area (Å²) in [5, 5.41) is 0. The predicted molar refractivity (Wildman–Crippen MR) is 107 cm³/mol. The van der Waals surface area contributed by atoms with E-state index in [1.165, 1.54) is 5.56 Å². The number of nitrogens with zero attached hydrogens (tertiary/aromatic N) is 3. The van der Waals surface area contributed by atoms with E-state index in [9.17, 15) is 9.59 Å². The van der Waals surface area contributed by atoms with Gasteiger partial charge in [-0.2, -0.15) is 0 Å². The quantitative estimate of drug-likeness (QED) is 0.824. The number of hydrogen-bond acceptors (Lipinski definition) is 3. The van der Waals surface area contributed by atoms with E-state index in [0.29, 0.717) is 12.3 Å². The van der Waals surface area contributed by atoms with Crippen LogP contribution in [0.15, 0.2) is 48.8 Å². The fraction of sp³-hybridized carbons (Fsp3) is 0.435. The molecule has 1 aliphatic carbocycles. The van der Waals surface area contributed by atoms with Crippen LogP contribution in [0.3, 0.4) is 0 Å².